The molecular weight excluding hydrogens is 309 g/mol. The molecule has 0 aliphatic carbocycles. The lowest BCUT2D eigenvalue weighted by molar-refractivity contribution is 0.269. The molecule has 0 aromatic heterocycles. The number of rotatable bonds is 5. The van der Waals surface area contributed by atoms with E-state index in [9.17, 15) is 0 Å². The molecule has 21 heavy (non-hydrogen) atoms. The summed E-state index contributed by atoms with van der Waals surface area (Å²) in [6.45, 7) is 2.63. The van der Waals surface area contributed by atoms with Crippen LogP contribution in [0, 0.1) is 11.3 Å². The minimum absolute atomic E-state index is 0.269. The summed E-state index contributed by atoms with van der Waals surface area (Å²) in [5.74, 6) is 1.10. The largest absolute Gasteiger partial charge is 0.490 e. The van der Waals surface area contributed by atoms with E-state index in [1.807, 2.05) is 19.1 Å². The van der Waals surface area contributed by atoms with Crippen LogP contribution < -0.4 is 9.47 Å². The normalized spacial score (nSPS) is 10.0. The summed E-state index contributed by atoms with van der Waals surface area (Å²) >= 11 is 12.1. The van der Waals surface area contributed by atoms with Crippen LogP contribution in [0.1, 0.15) is 18.1 Å². The van der Waals surface area contributed by atoms with Crippen LogP contribution in [0.4, 0.5) is 0 Å². The molecule has 0 saturated heterocycles. The Morgan fingerprint density at radius 1 is 1.10 bits per heavy atom. The van der Waals surface area contributed by atoms with E-state index in [2.05, 4.69) is 6.07 Å². The van der Waals surface area contributed by atoms with Gasteiger partial charge in [0, 0.05) is 11.6 Å². The van der Waals surface area contributed by atoms with Crippen LogP contribution >= 0.6 is 23.2 Å². The Balaban J connectivity index is 2.19. The van der Waals surface area contributed by atoms with Crippen LogP contribution in [0.25, 0.3) is 0 Å². The van der Waals surface area contributed by atoms with Gasteiger partial charge in [-0.05, 0) is 25.1 Å². The zero-order valence-corrected chi connectivity index (χ0v) is 12.9. The third-order valence-corrected chi connectivity index (χ3v) is 3.65. The van der Waals surface area contributed by atoms with Crippen molar-refractivity contribution in [1.82, 2.24) is 0 Å². The highest BCUT2D eigenvalue weighted by atomic mass is 35.5. The summed E-state index contributed by atoms with van der Waals surface area (Å²) < 4.78 is 11.2. The van der Waals surface area contributed by atoms with Crippen molar-refractivity contribution in [2.24, 2.45) is 0 Å². The van der Waals surface area contributed by atoms with Crippen LogP contribution in [0.3, 0.4) is 0 Å². The Bertz CT molecular complexity index is 680. The van der Waals surface area contributed by atoms with Crippen LogP contribution in [0.15, 0.2) is 36.4 Å². The van der Waals surface area contributed by atoms with Gasteiger partial charge in [-0.1, -0.05) is 35.3 Å². The third-order valence-electron chi connectivity index (χ3n) is 2.79. The van der Waals surface area contributed by atoms with E-state index >= 15 is 0 Å². The SMILES string of the molecule is CCOc1cc(C#N)ccc1OCc1cccc(Cl)c1Cl. The molecule has 0 radical (unpaired) electrons. The zero-order valence-electron chi connectivity index (χ0n) is 11.4. The van der Waals surface area contributed by atoms with Crippen molar-refractivity contribution in [3.8, 4) is 17.6 Å². The number of nitriles is 1. The minimum atomic E-state index is 0.269. The standard InChI is InChI=1S/C16H13Cl2NO2/c1-2-20-15-8-11(9-19)6-7-14(15)21-10-12-4-3-5-13(17)16(12)18/h3-8H,2,10H2,1H3. The average Bonchev–Trinajstić information content (AvgIpc) is 2.50. The molecule has 0 heterocycles. The van der Waals surface area contributed by atoms with Gasteiger partial charge in [0.05, 0.1) is 28.3 Å². The molecule has 0 bridgehead atoms. The zero-order chi connectivity index (χ0) is 15.2. The van der Waals surface area contributed by atoms with E-state index in [0.717, 1.165) is 5.56 Å². The highest BCUT2D eigenvalue weighted by Crippen LogP contribution is 2.31. The van der Waals surface area contributed by atoms with E-state index < -0.39 is 0 Å². The monoisotopic (exact) mass is 321 g/mol. The van der Waals surface area contributed by atoms with Gasteiger partial charge in [-0.15, -0.1) is 0 Å². The fraction of sp³-hybridized carbons (Fsp3) is 0.188. The summed E-state index contributed by atoms with van der Waals surface area (Å²) in [4.78, 5) is 0. The Labute approximate surface area is 133 Å². The molecule has 0 aliphatic heterocycles. The van der Waals surface area contributed by atoms with Crippen molar-refractivity contribution in [1.29, 1.82) is 5.26 Å². The fourth-order valence-electron chi connectivity index (χ4n) is 1.78. The lowest BCUT2D eigenvalue weighted by Gasteiger charge is -2.13. The number of hydrogen-bond donors (Lipinski definition) is 0. The maximum atomic E-state index is 8.92. The van der Waals surface area contributed by atoms with Gasteiger partial charge in [0.1, 0.15) is 6.61 Å². The second-order valence-corrected chi connectivity index (χ2v) is 4.99. The van der Waals surface area contributed by atoms with Gasteiger partial charge in [-0.3, -0.25) is 0 Å². The van der Waals surface area contributed by atoms with Crippen molar-refractivity contribution in [2.75, 3.05) is 6.61 Å². The molecule has 2 aromatic rings. The Morgan fingerprint density at radius 3 is 2.62 bits per heavy atom. The molecule has 3 nitrogen and oxygen atoms in total. The first-order chi connectivity index (χ1) is 10.2. The topological polar surface area (TPSA) is 42.2 Å². The van der Waals surface area contributed by atoms with E-state index in [0.29, 0.717) is 33.7 Å². The van der Waals surface area contributed by atoms with Gasteiger partial charge < -0.3 is 9.47 Å². The van der Waals surface area contributed by atoms with Gasteiger partial charge in [0.2, 0.25) is 0 Å². The third kappa shape index (κ3) is 3.81. The number of nitrogens with zero attached hydrogens (tertiary/aromatic N) is 1. The molecule has 108 valence electrons. The van der Waals surface area contributed by atoms with Crippen LogP contribution in [0.5, 0.6) is 11.5 Å². The Hall–Kier alpha value is -1.89. The van der Waals surface area contributed by atoms with E-state index in [1.54, 1.807) is 24.3 Å². The summed E-state index contributed by atoms with van der Waals surface area (Å²) in [7, 11) is 0. The maximum Gasteiger partial charge on any atom is 0.162 e. The predicted molar refractivity (Wildman–Crippen MR) is 83.1 cm³/mol. The molecule has 0 atom stereocenters. The van der Waals surface area contributed by atoms with Crippen molar-refractivity contribution in [2.45, 2.75) is 13.5 Å². The molecule has 2 rings (SSSR count). The van der Waals surface area contributed by atoms with Gasteiger partial charge in [-0.25, -0.2) is 0 Å². The van der Waals surface area contributed by atoms with Crippen molar-refractivity contribution >= 4 is 23.2 Å². The molecule has 2 aromatic carbocycles. The average molecular weight is 322 g/mol. The molecule has 0 unspecified atom stereocenters. The Kier molecular flexibility index (Phi) is 5.32. The first kappa shape index (κ1) is 15.5. The lowest BCUT2D eigenvalue weighted by atomic mass is 10.2. The molecule has 0 aliphatic rings. The predicted octanol–water partition coefficient (Wildman–Crippen LogP) is 4.84. The number of halogens is 2. The molecule has 5 heteroatoms. The van der Waals surface area contributed by atoms with E-state index in [4.69, 9.17) is 37.9 Å². The molecule has 0 N–H and O–H groups in total. The van der Waals surface area contributed by atoms with Crippen LogP contribution in [0.2, 0.25) is 10.0 Å². The molecule has 0 spiro atoms. The van der Waals surface area contributed by atoms with E-state index in [-0.39, 0.29) is 6.61 Å². The van der Waals surface area contributed by atoms with Crippen molar-refractivity contribution < 1.29 is 9.47 Å². The van der Waals surface area contributed by atoms with Gasteiger partial charge >= 0.3 is 0 Å². The molecule has 0 saturated carbocycles. The van der Waals surface area contributed by atoms with Crippen molar-refractivity contribution in [3.05, 3.63) is 57.6 Å². The molecule has 0 amide bonds. The van der Waals surface area contributed by atoms with E-state index in [1.165, 1.54) is 0 Å². The van der Waals surface area contributed by atoms with Gasteiger partial charge in [0.25, 0.3) is 0 Å². The second-order valence-electron chi connectivity index (χ2n) is 4.21. The quantitative estimate of drug-likeness (QED) is 0.791. The number of ether oxygens (including phenoxy) is 2. The summed E-state index contributed by atoms with van der Waals surface area (Å²) in [6.07, 6.45) is 0. The van der Waals surface area contributed by atoms with Crippen molar-refractivity contribution in [3.63, 3.8) is 0 Å². The van der Waals surface area contributed by atoms with Crippen LogP contribution in [-0.4, -0.2) is 6.61 Å². The first-order valence-electron chi connectivity index (χ1n) is 6.38. The maximum absolute atomic E-state index is 8.92. The highest BCUT2D eigenvalue weighted by Gasteiger charge is 2.09. The smallest absolute Gasteiger partial charge is 0.162 e. The molecule has 0 fully saturated rings. The fourth-order valence-corrected chi connectivity index (χ4v) is 2.16. The molecular formula is C16H13Cl2NO2. The number of benzene rings is 2. The summed E-state index contributed by atoms with van der Waals surface area (Å²) in [5, 5.41) is 9.88. The minimum Gasteiger partial charge on any atom is -0.490 e. The first-order valence-corrected chi connectivity index (χ1v) is 7.14. The summed E-state index contributed by atoms with van der Waals surface area (Å²) in [6, 6.07) is 12.5. The highest BCUT2D eigenvalue weighted by molar-refractivity contribution is 6.42. The van der Waals surface area contributed by atoms with Gasteiger partial charge in [0.15, 0.2) is 11.5 Å². The van der Waals surface area contributed by atoms with Crippen LogP contribution in [-0.2, 0) is 6.61 Å². The van der Waals surface area contributed by atoms with Gasteiger partial charge in [-0.2, -0.15) is 5.26 Å². The second kappa shape index (κ2) is 7.21. The Morgan fingerprint density at radius 2 is 1.90 bits per heavy atom. The summed E-state index contributed by atoms with van der Waals surface area (Å²) in [5.41, 5.74) is 1.31. The lowest BCUT2D eigenvalue weighted by Crippen LogP contribution is -2.00. The number of hydrogen-bond acceptors (Lipinski definition) is 3.